The molecule has 0 aliphatic carbocycles. The van der Waals surface area contributed by atoms with Gasteiger partial charge in [-0.2, -0.15) is 0 Å². The summed E-state index contributed by atoms with van der Waals surface area (Å²) < 4.78 is 12.4. The first-order valence-corrected chi connectivity index (χ1v) is 10.1. The summed E-state index contributed by atoms with van der Waals surface area (Å²) in [5.41, 5.74) is 0. The van der Waals surface area contributed by atoms with Crippen molar-refractivity contribution in [1.82, 2.24) is 0 Å². The Morgan fingerprint density at radius 2 is 1.72 bits per heavy atom. The molecule has 2 nitrogen and oxygen atoms in total. The van der Waals surface area contributed by atoms with Crippen LogP contribution in [0.5, 0.6) is 5.75 Å². The fourth-order valence-electron chi connectivity index (χ4n) is 1.25. The van der Waals surface area contributed by atoms with Gasteiger partial charge in [0, 0.05) is 19.9 Å². The van der Waals surface area contributed by atoms with Gasteiger partial charge in [-0.05, 0) is 29.3 Å². The molecule has 4 heteroatoms. The molecule has 0 fully saturated rings. The molecule has 102 valence electrons. The molecule has 0 amide bonds. The van der Waals surface area contributed by atoms with Crippen molar-refractivity contribution in [2.24, 2.45) is 0 Å². The summed E-state index contributed by atoms with van der Waals surface area (Å²) in [6.45, 7) is 11.4. The van der Waals surface area contributed by atoms with Crippen LogP contribution in [0.25, 0.3) is 0 Å². The summed E-state index contributed by atoms with van der Waals surface area (Å²) >= 11 is 3.40. The van der Waals surface area contributed by atoms with Crippen LogP contribution in [0.4, 0.5) is 0 Å². The van der Waals surface area contributed by atoms with Gasteiger partial charge in [-0.15, -0.1) is 0 Å². The first kappa shape index (κ1) is 15.7. The van der Waals surface area contributed by atoms with Gasteiger partial charge < -0.3 is 9.47 Å². The summed E-state index contributed by atoms with van der Waals surface area (Å²) in [4.78, 5) is 0. The molecular weight excluding hydrogens is 308 g/mol. The van der Waals surface area contributed by atoms with Crippen LogP contribution >= 0.6 is 15.9 Å². The largest absolute Gasteiger partial charge is 0.491 e. The standard InChI is InChI=1S/C14H23BrO2Si/c1-14(2,18(3)4)11-16-9-10-17-13-7-5-12(15)6-8-13/h5-8,18H,9-11H2,1-4H3. The quantitative estimate of drug-likeness (QED) is 0.553. The van der Waals surface area contributed by atoms with Gasteiger partial charge in [-0.25, -0.2) is 0 Å². The van der Waals surface area contributed by atoms with Crippen LogP contribution < -0.4 is 4.74 Å². The highest BCUT2D eigenvalue weighted by Gasteiger charge is 2.23. The molecule has 0 aliphatic rings. The van der Waals surface area contributed by atoms with E-state index in [0.29, 0.717) is 18.3 Å². The summed E-state index contributed by atoms with van der Waals surface area (Å²) in [5.74, 6) is 0.888. The van der Waals surface area contributed by atoms with E-state index in [1.54, 1.807) is 0 Å². The van der Waals surface area contributed by atoms with Crippen molar-refractivity contribution in [3.8, 4) is 5.75 Å². The number of halogens is 1. The molecule has 0 heterocycles. The van der Waals surface area contributed by atoms with Crippen molar-refractivity contribution in [3.05, 3.63) is 28.7 Å². The Labute approximate surface area is 120 Å². The van der Waals surface area contributed by atoms with Gasteiger partial charge in [0.2, 0.25) is 0 Å². The first-order valence-electron chi connectivity index (χ1n) is 6.38. The van der Waals surface area contributed by atoms with Crippen LogP contribution in [0.3, 0.4) is 0 Å². The molecule has 0 unspecified atom stereocenters. The van der Waals surface area contributed by atoms with Crippen LogP contribution in [0.1, 0.15) is 13.8 Å². The lowest BCUT2D eigenvalue weighted by Gasteiger charge is -2.27. The maximum atomic E-state index is 5.71. The highest BCUT2D eigenvalue weighted by atomic mass is 79.9. The van der Waals surface area contributed by atoms with E-state index in [1.165, 1.54) is 0 Å². The van der Waals surface area contributed by atoms with E-state index in [4.69, 9.17) is 9.47 Å². The molecule has 0 saturated carbocycles. The average Bonchev–Trinajstić information content (AvgIpc) is 2.31. The predicted molar refractivity (Wildman–Crippen MR) is 83.4 cm³/mol. The lowest BCUT2D eigenvalue weighted by Crippen LogP contribution is -2.27. The predicted octanol–water partition coefficient (Wildman–Crippen LogP) is 4.11. The third kappa shape index (κ3) is 5.55. The van der Waals surface area contributed by atoms with Gasteiger partial charge >= 0.3 is 0 Å². The van der Waals surface area contributed by atoms with Gasteiger partial charge in [0.1, 0.15) is 12.4 Å². The van der Waals surface area contributed by atoms with E-state index in [2.05, 4.69) is 42.9 Å². The number of hydrogen-bond donors (Lipinski definition) is 0. The van der Waals surface area contributed by atoms with Crippen molar-refractivity contribution < 1.29 is 9.47 Å². The third-order valence-corrected chi connectivity index (χ3v) is 7.17. The maximum absolute atomic E-state index is 5.71. The second-order valence-electron chi connectivity index (χ2n) is 5.50. The minimum Gasteiger partial charge on any atom is -0.491 e. The van der Waals surface area contributed by atoms with E-state index in [0.717, 1.165) is 16.8 Å². The topological polar surface area (TPSA) is 18.5 Å². The monoisotopic (exact) mass is 330 g/mol. The number of benzene rings is 1. The maximum Gasteiger partial charge on any atom is 0.119 e. The SMILES string of the molecule is C[SiH](C)C(C)(C)COCCOc1ccc(Br)cc1. The van der Waals surface area contributed by atoms with Crippen LogP contribution in [0.15, 0.2) is 28.7 Å². The Balaban J connectivity index is 2.18. The highest BCUT2D eigenvalue weighted by Crippen LogP contribution is 2.28. The van der Waals surface area contributed by atoms with Crippen LogP contribution in [-0.4, -0.2) is 28.6 Å². The Morgan fingerprint density at radius 1 is 1.11 bits per heavy atom. The zero-order valence-corrected chi connectivity index (χ0v) is 14.4. The Kier molecular flexibility index (Phi) is 6.39. The minimum atomic E-state index is -0.667. The van der Waals surface area contributed by atoms with Crippen LogP contribution in [0, 0.1) is 0 Å². The summed E-state index contributed by atoms with van der Waals surface area (Å²) in [7, 11) is -0.667. The number of hydrogen-bond acceptors (Lipinski definition) is 2. The Bertz CT molecular complexity index is 349. The third-order valence-electron chi connectivity index (χ3n) is 3.35. The molecule has 0 aromatic heterocycles. The molecule has 1 rings (SSSR count). The lowest BCUT2D eigenvalue weighted by molar-refractivity contribution is 0.0847. The van der Waals surface area contributed by atoms with Crippen molar-refractivity contribution in [3.63, 3.8) is 0 Å². The Hall–Kier alpha value is -0.323. The molecule has 0 aliphatic heterocycles. The molecule has 18 heavy (non-hydrogen) atoms. The zero-order valence-electron chi connectivity index (χ0n) is 11.7. The van der Waals surface area contributed by atoms with Gasteiger partial charge in [-0.3, -0.25) is 0 Å². The van der Waals surface area contributed by atoms with Gasteiger partial charge in [0.15, 0.2) is 0 Å². The van der Waals surface area contributed by atoms with E-state index in [1.807, 2.05) is 24.3 Å². The van der Waals surface area contributed by atoms with Crippen LogP contribution in [-0.2, 0) is 4.74 Å². The zero-order chi connectivity index (χ0) is 13.6. The average molecular weight is 331 g/mol. The second-order valence-corrected chi connectivity index (χ2v) is 10.3. The smallest absolute Gasteiger partial charge is 0.119 e. The molecule has 0 bridgehead atoms. The summed E-state index contributed by atoms with van der Waals surface area (Å²) in [6.07, 6.45) is 0. The molecule has 1 aromatic carbocycles. The minimum absolute atomic E-state index is 0.359. The second kappa shape index (κ2) is 7.31. The molecule has 0 atom stereocenters. The van der Waals surface area contributed by atoms with Gasteiger partial charge in [-0.1, -0.05) is 42.9 Å². The number of rotatable bonds is 7. The van der Waals surface area contributed by atoms with Crippen molar-refractivity contribution in [1.29, 1.82) is 0 Å². The van der Waals surface area contributed by atoms with Crippen molar-refractivity contribution in [2.75, 3.05) is 19.8 Å². The molecule has 0 N–H and O–H groups in total. The molecule has 0 spiro atoms. The number of ether oxygens (including phenoxy) is 2. The van der Waals surface area contributed by atoms with Gasteiger partial charge in [0.05, 0.1) is 6.61 Å². The summed E-state index contributed by atoms with van der Waals surface area (Å²) in [6, 6.07) is 7.86. The van der Waals surface area contributed by atoms with Crippen molar-refractivity contribution in [2.45, 2.75) is 32.0 Å². The first-order chi connectivity index (χ1) is 8.42. The molecule has 0 radical (unpaired) electrons. The van der Waals surface area contributed by atoms with E-state index < -0.39 is 8.80 Å². The van der Waals surface area contributed by atoms with E-state index >= 15 is 0 Å². The molecule has 0 saturated heterocycles. The van der Waals surface area contributed by atoms with E-state index in [9.17, 15) is 0 Å². The van der Waals surface area contributed by atoms with Crippen LogP contribution in [0.2, 0.25) is 18.1 Å². The van der Waals surface area contributed by atoms with E-state index in [-0.39, 0.29) is 0 Å². The lowest BCUT2D eigenvalue weighted by atomic mass is 10.2. The molecule has 1 aromatic rings. The fraction of sp³-hybridized carbons (Fsp3) is 0.571. The van der Waals surface area contributed by atoms with Gasteiger partial charge in [0.25, 0.3) is 0 Å². The Morgan fingerprint density at radius 3 is 2.28 bits per heavy atom. The normalized spacial score (nSPS) is 11.9. The summed E-state index contributed by atoms with van der Waals surface area (Å²) in [5, 5.41) is 0.359. The molecular formula is C14H23BrO2Si. The fourth-order valence-corrected chi connectivity index (χ4v) is 1.97. The highest BCUT2D eigenvalue weighted by molar-refractivity contribution is 9.10. The van der Waals surface area contributed by atoms with Crippen molar-refractivity contribution >= 4 is 24.7 Å².